The monoisotopic (exact) mass is 280 g/mol. The van der Waals surface area contributed by atoms with E-state index in [1.54, 1.807) is 7.05 Å². The SMILES string of the molecule is Cl.Cn1nccc1S(=O)(=O)NCC(N)C1CC1. The van der Waals surface area contributed by atoms with E-state index in [9.17, 15) is 8.42 Å². The van der Waals surface area contributed by atoms with E-state index in [-0.39, 0.29) is 30.0 Å². The van der Waals surface area contributed by atoms with Crippen molar-refractivity contribution in [3.8, 4) is 0 Å². The summed E-state index contributed by atoms with van der Waals surface area (Å²) in [7, 11) is -1.89. The molecule has 8 heteroatoms. The van der Waals surface area contributed by atoms with Crippen LogP contribution in [0.15, 0.2) is 17.3 Å². The summed E-state index contributed by atoms with van der Waals surface area (Å²) in [5.74, 6) is 0.481. The number of hydrogen-bond donors (Lipinski definition) is 2. The molecule has 0 aliphatic heterocycles. The number of sulfonamides is 1. The number of rotatable bonds is 5. The summed E-state index contributed by atoms with van der Waals surface area (Å²) in [6.07, 6.45) is 3.67. The Bertz CT molecular complexity index is 469. The van der Waals surface area contributed by atoms with Gasteiger partial charge in [-0.3, -0.25) is 4.68 Å². The molecule has 1 aromatic rings. The fourth-order valence-corrected chi connectivity index (χ4v) is 2.79. The van der Waals surface area contributed by atoms with Crippen LogP contribution in [0.2, 0.25) is 0 Å². The Morgan fingerprint density at radius 3 is 2.76 bits per heavy atom. The number of hydrogen-bond acceptors (Lipinski definition) is 4. The zero-order chi connectivity index (χ0) is 11.8. The maximum absolute atomic E-state index is 11.8. The first-order valence-electron chi connectivity index (χ1n) is 5.24. The number of aromatic nitrogens is 2. The van der Waals surface area contributed by atoms with Crippen molar-refractivity contribution >= 4 is 22.4 Å². The van der Waals surface area contributed by atoms with Crippen LogP contribution in [0.5, 0.6) is 0 Å². The van der Waals surface area contributed by atoms with Crippen molar-refractivity contribution in [2.45, 2.75) is 23.9 Å². The summed E-state index contributed by atoms with van der Waals surface area (Å²) in [5, 5.41) is 3.99. The Morgan fingerprint density at radius 2 is 2.29 bits per heavy atom. The molecule has 1 heterocycles. The quantitative estimate of drug-likeness (QED) is 0.785. The number of nitrogens with two attached hydrogens (primary N) is 1. The third kappa shape index (κ3) is 3.41. The van der Waals surface area contributed by atoms with Crippen molar-refractivity contribution < 1.29 is 8.42 Å². The highest BCUT2D eigenvalue weighted by molar-refractivity contribution is 7.89. The normalized spacial score (nSPS) is 17.5. The molecule has 1 atom stereocenters. The summed E-state index contributed by atoms with van der Waals surface area (Å²) in [4.78, 5) is 0. The van der Waals surface area contributed by atoms with Gasteiger partial charge in [-0.1, -0.05) is 0 Å². The highest BCUT2D eigenvalue weighted by Gasteiger charge is 2.29. The van der Waals surface area contributed by atoms with Crippen LogP contribution >= 0.6 is 12.4 Å². The lowest BCUT2D eigenvalue weighted by Crippen LogP contribution is -2.39. The van der Waals surface area contributed by atoms with Gasteiger partial charge in [0.25, 0.3) is 10.0 Å². The van der Waals surface area contributed by atoms with Crippen LogP contribution in [-0.2, 0) is 17.1 Å². The van der Waals surface area contributed by atoms with E-state index < -0.39 is 10.0 Å². The molecule has 1 unspecified atom stereocenters. The van der Waals surface area contributed by atoms with E-state index in [1.807, 2.05) is 0 Å². The number of halogens is 1. The first kappa shape index (κ1) is 14.4. The van der Waals surface area contributed by atoms with E-state index in [2.05, 4.69) is 9.82 Å². The molecule has 0 radical (unpaired) electrons. The van der Waals surface area contributed by atoms with Crippen LogP contribution in [0.1, 0.15) is 12.8 Å². The minimum atomic E-state index is -3.48. The van der Waals surface area contributed by atoms with E-state index in [4.69, 9.17) is 5.73 Å². The molecule has 3 N–H and O–H groups in total. The lowest BCUT2D eigenvalue weighted by Gasteiger charge is -2.11. The van der Waals surface area contributed by atoms with Gasteiger partial charge >= 0.3 is 0 Å². The van der Waals surface area contributed by atoms with Crippen LogP contribution in [0.3, 0.4) is 0 Å². The zero-order valence-electron chi connectivity index (χ0n) is 9.54. The van der Waals surface area contributed by atoms with Crippen molar-refractivity contribution in [2.75, 3.05) is 6.54 Å². The largest absolute Gasteiger partial charge is 0.326 e. The highest BCUT2D eigenvalue weighted by Crippen LogP contribution is 2.31. The van der Waals surface area contributed by atoms with Crippen molar-refractivity contribution in [3.05, 3.63) is 12.3 Å². The molecular formula is C9H17ClN4O2S. The van der Waals surface area contributed by atoms with Gasteiger partial charge in [-0.25, -0.2) is 13.1 Å². The molecule has 1 fully saturated rings. The molecule has 1 aromatic heterocycles. The molecule has 1 aliphatic carbocycles. The topological polar surface area (TPSA) is 90.0 Å². The lowest BCUT2D eigenvalue weighted by atomic mass is 10.2. The third-order valence-corrected chi connectivity index (χ3v) is 4.29. The number of aryl methyl sites for hydroxylation is 1. The Balaban J connectivity index is 0.00000144. The second-order valence-electron chi connectivity index (χ2n) is 4.15. The van der Waals surface area contributed by atoms with Crippen LogP contribution < -0.4 is 10.5 Å². The highest BCUT2D eigenvalue weighted by atomic mass is 35.5. The van der Waals surface area contributed by atoms with Gasteiger partial charge in [0.2, 0.25) is 0 Å². The summed E-state index contributed by atoms with van der Waals surface area (Å²) in [6.45, 7) is 0.290. The molecule has 0 saturated heterocycles. The van der Waals surface area contributed by atoms with Crippen LogP contribution in [0, 0.1) is 5.92 Å². The molecule has 1 saturated carbocycles. The lowest BCUT2D eigenvalue weighted by molar-refractivity contribution is 0.537. The summed E-state index contributed by atoms with van der Waals surface area (Å²) >= 11 is 0. The van der Waals surface area contributed by atoms with Gasteiger partial charge in [-0.05, 0) is 24.8 Å². The van der Waals surface area contributed by atoms with Gasteiger partial charge in [0.1, 0.15) is 0 Å². The molecule has 0 aromatic carbocycles. The Hall–Kier alpha value is -0.630. The minimum Gasteiger partial charge on any atom is -0.326 e. The van der Waals surface area contributed by atoms with Crippen molar-refractivity contribution in [1.29, 1.82) is 0 Å². The maximum atomic E-state index is 11.8. The van der Waals surface area contributed by atoms with Gasteiger partial charge in [-0.15, -0.1) is 12.4 Å². The van der Waals surface area contributed by atoms with Crippen molar-refractivity contribution in [1.82, 2.24) is 14.5 Å². The predicted octanol–water partition coefficient (Wildman–Crippen LogP) is -0.143. The standard InChI is InChI=1S/C9H16N4O2S.ClH/c1-13-9(4-5-11-13)16(14,15)12-6-8(10)7-2-3-7;/h4-5,7-8,12H,2-3,6,10H2,1H3;1H. The van der Waals surface area contributed by atoms with E-state index in [0.717, 1.165) is 12.8 Å². The van der Waals surface area contributed by atoms with Gasteiger partial charge in [0, 0.05) is 19.6 Å². The van der Waals surface area contributed by atoms with Gasteiger partial charge in [-0.2, -0.15) is 5.10 Å². The predicted molar refractivity (Wildman–Crippen MR) is 66.3 cm³/mol. The Kier molecular flexibility index (Phi) is 4.54. The maximum Gasteiger partial charge on any atom is 0.257 e. The van der Waals surface area contributed by atoms with Gasteiger partial charge in [0.15, 0.2) is 5.03 Å². The molecule has 2 rings (SSSR count). The third-order valence-electron chi connectivity index (χ3n) is 2.79. The summed E-state index contributed by atoms with van der Waals surface area (Å²) in [5.41, 5.74) is 5.83. The molecule has 0 amide bonds. The molecule has 1 aliphatic rings. The first-order valence-corrected chi connectivity index (χ1v) is 6.72. The van der Waals surface area contributed by atoms with Crippen molar-refractivity contribution in [2.24, 2.45) is 18.7 Å². The fraction of sp³-hybridized carbons (Fsp3) is 0.667. The van der Waals surface area contributed by atoms with Crippen LogP contribution in [-0.4, -0.2) is 30.8 Å². The molecular weight excluding hydrogens is 264 g/mol. The van der Waals surface area contributed by atoms with Gasteiger partial charge < -0.3 is 5.73 Å². The minimum absolute atomic E-state index is 0. The smallest absolute Gasteiger partial charge is 0.257 e. The Labute approximate surface area is 107 Å². The molecule has 17 heavy (non-hydrogen) atoms. The van der Waals surface area contributed by atoms with Crippen molar-refractivity contribution in [3.63, 3.8) is 0 Å². The summed E-state index contributed by atoms with van der Waals surface area (Å²) < 4.78 is 27.5. The van der Waals surface area contributed by atoms with E-state index >= 15 is 0 Å². The second-order valence-corrected chi connectivity index (χ2v) is 5.86. The fourth-order valence-electron chi connectivity index (χ4n) is 1.60. The van der Waals surface area contributed by atoms with Crippen LogP contribution in [0.4, 0.5) is 0 Å². The molecule has 6 nitrogen and oxygen atoms in total. The average Bonchev–Trinajstić information content (AvgIpc) is 2.98. The van der Waals surface area contributed by atoms with E-state index in [0.29, 0.717) is 5.92 Å². The molecule has 98 valence electrons. The first-order chi connectivity index (χ1) is 7.50. The zero-order valence-corrected chi connectivity index (χ0v) is 11.2. The molecule has 0 bridgehead atoms. The Morgan fingerprint density at radius 1 is 1.65 bits per heavy atom. The van der Waals surface area contributed by atoms with Crippen LogP contribution in [0.25, 0.3) is 0 Å². The number of nitrogens with one attached hydrogen (secondary N) is 1. The summed E-state index contributed by atoms with van der Waals surface area (Å²) in [6, 6.07) is 1.38. The van der Waals surface area contributed by atoms with E-state index in [1.165, 1.54) is 16.9 Å². The second kappa shape index (κ2) is 5.34. The van der Waals surface area contributed by atoms with Gasteiger partial charge in [0.05, 0.1) is 6.20 Å². The molecule has 0 spiro atoms. The average molecular weight is 281 g/mol. The number of nitrogens with zero attached hydrogens (tertiary/aromatic N) is 2.